The fourth-order valence-corrected chi connectivity index (χ4v) is 4.58. The van der Waals surface area contributed by atoms with Crippen molar-refractivity contribution in [1.29, 1.82) is 0 Å². The van der Waals surface area contributed by atoms with Gasteiger partial charge >= 0.3 is 0 Å². The number of rotatable bonds is 8. The van der Waals surface area contributed by atoms with Crippen molar-refractivity contribution in [2.45, 2.75) is 98.8 Å². The van der Waals surface area contributed by atoms with Gasteiger partial charge in [-0.05, 0) is 45.7 Å². The van der Waals surface area contributed by atoms with Gasteiger partial charge in [-0.3, -0.25) is 0 Å². The van der Waals surface area contributed by atoms with Gasteiger partial charge in [0.2, 0.25) is 0 Å². The van der Waals surface area contributed by atoms with E-state index in [2.05, 4.69) is 102 Å². The van der Waals surface area contributed by atoms with Gasteiger partial charge in [0.05, 0.1) is 8.07 Å². The van der Waals surface area contributed by atoms with Crippen molar-refractivity contribution in [3.05, 3.63) is 11.8 Å². The van der Waals surface area contributed by atoms with E-state index in [-0.39, 0.29) is 7.43 Å². The molecule has 0 radical (unpaired) electrons. The fourth-order valence-electron chi connectivity index (χ4n) is 1.61. The molecule has 0 spiro atoms. The highest BCUT2D eigenvalue weighted by Crippen LogP contribution is 2.06. The Balaban J connectivity index is -0.000000411. The lowest BCUT2D eigenvalue weighted by Gasteiger charge is -2.16. The molecule has 0 rings (SSSR count). The van der Waals surface area contributed by atoms with Gasteiger partial charge < -0.3 is 8.85 Å². The summed E-state index contributed by atoms with van der Waals surface area (Å²) in [4.78, 5) is 0. The third kappa shape index (κ3) is 37.5. The SMILES string of the molecule is C.C[Si](C)(C)C#CCCO[Si](C)(C)C.C[Si](C)(C)C=CCCO[Si](C)(C)C. The molecule has 0 aliphatic heterocycles. The minimum Gasteiger partial charge on any atom is -0.417 e. The van der Waals surface area contributed by atoms with Crippen molar-refractivity contribution in [1.82, 2.24) is 0 Å². The smallest absolute Gasteiger partial charge is 0.183 e. The predicted octanol–water partition coefficient (Wildman–Crippen LogP) is 7.41. The molecule has 2 nitrogen and oxygen atoms in total. The summed E-state index contributed by atoms with van der Waals surface area (Å²) in [5.74, 6) is 3.21. The van der Waals surface area contributed by atoms with Gasteiger partial charge in [-0.1, -0.05) is 58.5 Å². The number of hydrogen-bond acceptors (Lipinski definition) is 2. The Kier molecular flexibility index (Phi) is 16.6. The maximum absolute atomic E-state index is 5.75. The minimum absolute atomic E-state index is 0. The first-order valence-corrected chi connectivity index (χ1v) is 23.8. The van der Waals surface area contributed by atoms with Gasteiger partial charge in [0.15, 0.2) is 16.6 Å². The highest BCUT2D eigenvalue weighted by Gasteiger charge is 2.13. The number of hydrogen-bond donors (Lipinski definition) is 0. The second kappa shape index (κ2) is 14.1. The van der Waals surface area contributed by atoms with Crippen LogP contribution in [0.15, 0.2) is 11.8 Å². The first-order chi connectivity index (χ1) is 11.4. The highest BCUT2D eigenvalue weighted by molar-refractivity contribution is 6.83. The lowest BCUT2D eigenvalue weighted by molar-refractivity contribution is 0.319. The van der Waals surface area contributed by atoms with E-state index in [0.29, 0.717) is 0 Å². The maximum atomic E-state index is 5.75. The molecule has 0 aliphatic carbocycles. The van der Waals surface area contributed by atoms with Crippen LogP contribution in [0.5, 0.6) is 0 Å². The molecule has 0 atom stereocenters. The van der Waals surface area contributed by atoms with E-state index in [0.717, 1.165) is 26.1 Å². The zero-order valence-corrected chi connectivity index (χ0v) is 23.8. The normalized spacial score (nSPS) is 12.6. The average molecular weight is 447 g/mol. The lowest BCUT2D eigenvalue weighted by Crippen LogP contribution is -2.25. The second-order valence-electron chi connectivity index (χ2n) is 10.8. The van der Waals surface area contributed by atoms with Crippen molar-refractivity contribution >= 4 is 32.8 Å². The van der Waals surface area contributed by atoms with E-state index >= 15 is 0 Å². The van der Waals surface area contributed by atoms with Gasteiger partial charge in [0, 0.05) is 19.6 Å². The van der Waals surface area contributed by atoms with Crippen LogP contribution in [0.3, 0.4) is 0 Å². The van der Waals surface area contributed by atoms with Crippen LogP contribution in [-0.4, -0.2) is 46.0 Å². The molecule has 0 fully saturated rings. The summed E-state index contributed by atoms with van der Waals surface area (Å²) < 4.78 is 11.4. The van der Waals surface area contributed by atoms with Crippen molar-refractivity contribution < 1.29 is 8.85 Å². The summed E-state index contributed by atoms with van der Waals surface area (Å²) >= 11 is 0. The van der Waals surface area contributed by atoms with Gasteiger partial charge in [-0.25, -0.2) is 0 Å². The molecule has 0 aromatic carbocycles. The van der Waals surface area contributed by atoms with Crippen LogP contribution < -0.4 is 0 Å². The Morgan fingerprint density at radius 2 is 1.15 bits per heavy atom. The Hall–Kier alpha value is 0.0875. The van der Waals surface area contributed by atoms with E-state index in [1.807, 2.05) is 0 Å². The Morgan fingerprint density at radius 1 is 0.704 bits per heavy atom. The molecule has 0 heterocycles. The summed E-state index contributed by atoms with van der Waals surface area (Å²) in [5, 5.41) is 0. The Morgan fingerprint density at radius 3 is 1.52 bits per heavy atom. The molecule has 0 aromatic heterocycles. The standard InChI is InChI=1S/C10H24OSi2.C10H22OSi2.CH4/c2*1-12(2,3)10-8-7-9-11-13(4,5)6;/h8,10H,7,9H2,1-6H3;7,9H2,1-6H3;1H4. The molecule has 0 aliphatic rings. The molecule has 0 bridgehead atoms. The Labute approximate surface area is 176 Å². The molecule has 6 heteroatoms. The van der Waals surface area contributed by atoms with Crippen molar-refractivity contribution in [2.24, 2.45) is 0 Å². The van der Waals surface area contributed by atoms with E-state index in [4.69, 9.17) is 8.85 Å². The van der Waals surface area contributed by atoms with Gasteiger partial charge in [-0.2, -0.15) is 0 Å². The molecule has 0 amide bonds. The van der Waals surface area contributed by atoms with Crippen LogP contribution in [0, 0.1) is 11.5 Å². The third-order valence-corrected chi connectivity index (χ3v) is 6.97. The first kappa shape index (κ1) is 31.8. The van der Waals surface area contributed by atoms with Crippen LogP contribution in [0.25, 0.3) is 0 Å². The first-order valence-electron chi connectivity index (χ1n) is 9.87. The summed E-state index contributed by atoms with van der Waals surface area (Å²) in [6, 6.07) is 0. The molecule has 0 aromatic rings. The second-order valence-corrected chi connectivity index (χ2v) is 29.6. The van der Waals surface area contributed by atoms with Gasteiger partial charge in [-0.15, -0.1) is 11.5 Å². The largest absolute Gasteiger partial charge is 0.417 e. The van der Waals surface area contributed by atoms with Crippen LogP contribution in [0.2, 0.25) is 78.6 Å². The predicted molar refractivity (Wildman–Crippen MR) is 138 cm³/mol. The van der Waals surface area contributed by atoms with Gasteiger partial charge in [0.1, 0.15) is 8.07 Å². The van der Waals surface area contributed by atoms with E-state index in [1.54, 1.807) is 0 Å². The van der Waals surface area contributed by atoms with Crippen LogP contribution in [0.1, 0.15) is 20.3 Å². The fraction of sp³-hybridized carbons (Fsp3) is 0.810. The Bertz CT molecular complexity index is 450. The average Bonchev–Trinajstić information content (AvgIpc) is 2.33. The molecular formula is C21H50O2Si4. The van der Waals surface area contributed by atoms with E-state index in [1.165, 1.54) is 0 Å². The van der Waals surface area contributed by atoms with Crippen molar-refractivity contribution in [3.8, 4) is 11.5 Å². The topological polar surface area (TPSA) is 18.5 Å². The molecule has 27 heavy (non-hydrogen) atoms. The van der Waals surface area contributed by atoms with Crippen LogP contribution in [-0.2, 0) is 8.85 Å². The maximum Gasteiger partial charge on any atom is 0.183 e. The minimum atomic E-state index is -1.31. The summed E-state index contributed by atoms with van der Waals surface area (Å²) in [7, 11) is -4.72. The van der Waals surface area contributed by atoms with Crippen molar-refractivity contribution in [2.75, 3.05) is 13.2 Å². The van der Waals surface area contributed by atoms with Gasteiger partial charge in [0.25, 0.3) is 0 Å². The summed E-state index contributed by atoms with van der Waals surface area (Å²) in [6.45, 7) is 28.9. The van der Waals surface area contributed by atoms with Crippen LogP contribution >= 0.6 is 0 Å². The van der Waals surface area contributed by atoms with E-state index in [9.17, 15) is 0 Å². The monoisotopic (exact) mass is 446 g/mol. The quantitative estimate of drug-likeness (QED) is 0.219. The molecule has 162 valence electrons. The molecular weight excluding hydrogens is 397 g/mol. The molecule has 0 unspecified atom stereocenters. The van der Waals surface area contributed by atoms with Crippen LogP contribution in [0.4, 0.5) is 0 Å². The summed E-state index contributed by atoms with van der Waals surface area (Å²) in [6.07, 6.45) is 4.26. The molecule has 0 N–H and O–H groups in total. The zero-order chi connectivity index (χ0) is 21.1. The summed E-state index contributed by atoms with van der Waals surface area (Å²) in [5.41, 5.74) is 5.72. The molecule has 0 saturated heterocycles. The highest BCUT2D eigenvalue weighted by atomic mass is 28.4. The third-order valence-electron chi connectivity index (χ3n) is 2.66. The molecule has 0 saturated carbocycles. The zero-order valence-electron chi connectivity index (χ0n) is 19.8. The lowest BCUT2D eigenvalue weighted by atomic mass is 10.5. The van der Waals surface area contributed by atoms with E-state index < -0.39 is 32.8 Å². The van der Waals surface area contributed by atoms with Crippen molar-refractivity contribution in [3.63, 3.8) is 0 Å².